The van der Waals surface area contributed by atoms with E-state index in [0.29, 0.717) is 5.92 Å². The van der Waals surface area contributed by atoms with E-state index in [4.69, 9.17) is 5.73 Å². The number of halogens is 1. The molecule has 0 heterocycles. The van der Waals surface area contributed by atoms with Crippen molar-refractivity contribution >= 4 is 15.7 Å². The summed E-state index contributed by atoms with van der Waals surface area (Å²) in [6, 6.07) is 2.42. The molecule has 1 aliphatic rings. The van der Waals surface area contributed by atoms with Crippen LogP contribution < -0.4 is 10.5 Å². The molecule has 0 saturated heterocycles. The lowest BCUT2D eigenvalue weighted by Crippen LogP contribution is -2.34. The molecule has 6 heteroatoms. The predicted molar refractivity (Wildman–Crippen MR) is 77.3 cm³/mol. The van der Waals surface area contributed by atoms with E-state index >= 15 is 0 Å². The van der Waals surface area contributed by atoms with E-state index in [9.17, 15) is 12.8 Å². The highest BCUT2D eigenvalue weighted by molar-refractivity contribution is 7.89. The Morgan fingerprint density at radius 2 is 2.10 bits per heavy atom. The molecule has 0 aromatic heterocycles. The second-order valence-electron chi connectivity index (χ2n) is 5.55. The molecule has 112 valence electrons. The summed E-state index contributed by atoms with van der Waals surface area (Å²) in [5, 5.41) is 0. The number of sulfonamides is 1. The maximum atomic E-state index is 13.5. The van der Waals surface area contributed by atoms with Gasteiger partial charge in [0.15, 0.2) is 0 Å². The first-order valence-electron chi connectivity index (χ1n) is 6.91. The van der Waals surface area contributed by atoms with Gasteiger partial charge in [0, 0.05) is 6.04 Å². The summed E-state index contributed by atoms with van der Waals surface area (Å²) in [5.74, 6) is 0.0802. The van der Waals surface area contributed by atoms with Crippen molar-refractivity contribution in [1.82, 2.24) is 4.72 Å². The quantitative estimate of drug-likeness (QED) is 0.793. The van der Waals surface area contributed by atoms with Gasteiger partial charge in [0.2, 0.25) is 10.0 Å². The largest absolute Gasteiger partial charge is 0.396 e. The van der Waals surface area contributed by atoms with Crippen LogP contribution in [0.4, 0.5) is 10.1 Å². The van der Waals surface area contributed by atoms with Crippen molar-refractivity contribution in [3.05, 3.63) is 23.5 Å². The highest BCUT2D eigenvalue weighted by atomic mass is 32.2. The third-order valence-corrected chi connectivity index (χ3v) is 5.20. The molecule has 0 spiro atoms. The maximum Gasteiger partial charge on any atom is 0.240 e. The molecule has 1 aliphatic carbocycles. The van der Waals surface area contributed by atoms with Gasteiger partial charge in [0.25, 0.3) is 0 Å². The van der Waals surface area contributed by atoms with Gasteiger partial charge in [-0.1, -0.05) is 19.8 Å². The first kappa shape index (κ1) is 15.3. The summed E-state index contributed by atoms with van der Waals surface area (Å²) < 4.78 is 40.8. The Morgan fingerprint density at radius 3 is 2.60 bits per heavy atom. The summed E-state index contributed by atoms with van der Waals surface area (Å²) in [5.41, 5.74) is 5.60. The summed E-state index contributed by atoms with van der Waals surface area (Å²) in [6.07, 6.45) is 3.97. The van der Waals surface area contributed by atoms with Crippen LogP contribution in [0.1, 0.15) is 38.2 Å². The van der Waals surface area contributed by atoms with Crippen LogP contribution in [0.2, 0.25) is 0 Å². The zero-order valence-corrected chi connectivity index (χ0v) is 12.6. The van der Waals surface area contributed by atoms with Gasteiger partial charge in [0.1, 0.15) is 5.82 Å². The molecular formula is C14H21FN2O2S. The molecule has 0 aliphatic heterocycles. The Labute approximate surface area is 119 Å². The first-order valence-corrected chi connectivity index (χ1v) is 8.39. The van der Waals surface area contributed by atoms with Crippen molar-refractivity contribution in [2.45, 2.75) is 50.5 Å². The molecule has 1 aromatic carbocycles. The minimum Gasteiger partial charge on any atom is -0.396 e. The summed E-state index contributed by atoms with van der Waals surface area (Å²) in [4.78, 5) is 0.0307. The average Bonchev–Trinajstić information content (AvgIpc) is 3.18. The van der Waals surface area contributed by atoms with E-state index in [1.807, 2.05) is 6.92 Å². The van der Waals surface area contributed by atoms with Crippen LogP contribution in [0, 0.1) is 18.7 Å². The standard InChI is InChI=1S/C14H21FN2O2S/c1-3-11(7-10-4-5-10)17-20(18,19)12-6-9(2)14(15)13(16)8-12/h6,8,10-11,17H,3-5,7,16H2,1-2H3. The molecule has 1 fully saturated rings. The molecule has 1 unspecified atom stereocenters. The van der Waals surface area contributed by atoms with Crippen molar-refractivity contribution < 1.29 is 12.8 Å². The van der Waals surface area contributed by atoms with Crippen LogP contribution in [-0.4, -0.2) is 14.5 Å². The molecule has 3 N–H and O–H groups in total. The lowest BCUT2D eigenvalue weighted by Gasteiger charge is -2.17. The van der Waals surface area contributed by atoms with Gasteiger partial charge < -0.3 is 5.73 Å². The smallest absolute Gasteiger partial charge is 0.240 e. The van der Waals surface area contributed by atoms with E-state index in [2.05, 4.69) is 4.72 Å². The number of rotatable bonds is 6. The highest BCUT2D eigenvalue weighted by Crippen LogP contribution is 2.34. The molecule has 2 rings (SSSR count). The van der Waals surface area contributed by atoms with Crippen LogP contribution in [0.5, 0.6) is 0 Å². The summed E-state index contributed by atoms with van der Waals surface area (Å²) >= 11 is 0. The van der Waals surface area contributed by atoms with Crippen LogP contribution in [0.3, 0.4) is 0 Å². The summed E-state index contributed by atoms with van der Waals surface area (Å²) in [7, 11) is -3.65. The Kier molecular flexibility index (Phi) is 4.34. The first-order chi connectivity index (χ1) is 9.33. The number of benzene rings is 1. The number of hydrogen-bond acceptors (Lipinski definition) is 3. The van der Waals surface area contributed by atoms with E-state index in [1.54, 1.807) is 0 Å². The van der Waals surface area contributed by atoms with Crippen LogP contribution in [0.25, 0.3) is 0 Å². The summed E-state index contributed by atoms with van der Waals surface area (Å²) in [6.45, 7) is 3.46. The van der Waals surface area contributed by atoms with Crippen LogP contribution in [-0.2, 0) is 10.0 Å². The van der Waals surface area contributed by atoms with Crippen LogP contribution in [0.15, 0.2) is 17.0 Å². The monoisotopic (exact) mass is 300 g/mol. The SMILES string of the molecule is CCC(CC1CC1)NS(=O)(=O)c1cc(C)c(F)c(N)c1. The van der Waals surface area contributed by atoms with Gasteiger partial charge in [-0.05, 0) is 43.4 Å². The molecular weight excluding hydrogens is 279 g/mol. The number of anilines is 1. The Bertz CT molecular complexity index is 574. The van der Waals surface area contributed by atoms with E-state index in [1.165, 1.54) is 31.9 Å². The molecule has 1 aromatic rings. The van der Waals surface area contributed by atoms with Gasteiger partial charge >= 0.3 is 0 Å². The Morgan fingerprint density at radius 1 is 1.45 bits per heavy atom. The molecule has 0 bridgehead atoms. The fraction of sp³-hybridized carbons (Fsp3) is 0.571. The molecule has 0 radical (unpaired) electrons. The zero-order valence-electron chi connectivity index (χ0n) is 11.8. The van der Waals surface area contributed by atoms with E-state index < -0.39 is 15.8 Å². The van der Waals surface area contributed by atoms with E-state index in [-0.39, 0.29) is 22.2 Å². The third kappa shape index (κ3) is 3.49. The molecule has 1 saturated carbocycles. The molecule has 4 nitrogen and oxygen atoms in total. The number of nitrogens with one attached hydrogen (secondary N) is 1. The Hall–Kier alpha value is -1.14. The average molecular weight is 300 g/mol. The minimum atomic E-state index is -3.65. The number of hydrogen-bond donors (Lipinski definition) is 2. The van der Waals surface area contributed by atoms with Crippen molar-refractivity contribution in [2.24, 2.45) is 5.92 Å². The molecule has 1 atom stereocenters. The maximum absolute atomic E-state index is 13.5. The van der Waals surface area contributed by atoms with Gasteiger partial charge in [-0.15, -0.1) is 0 Å². The van der Waals surface area contributed by atoms with Crippen molar-refractivity contribution in [1.29, 1.82) is 0 Å². The van der Waals surface area contributed by atoms with E-state index in [0.717, 1.165) is 12.8 Å². The second-order valence-corrected chi connectivity index (χ2v) is 7.26. The number of nitrogen functional groups attached to an aromatic ring is 1. The third-order valence-electron chi connectivity index (χ3n) is 3.70. The van der Waals surface area contributed by atoms with Crippen molar-refractivity contribution in [2.75, 3.05) is 5.73 Å². The minimum absolute atomic E-state index is 0.0307. The fourth-order valence-electron chi connectivity index (χ4n) is 2.26. The fourth-order valence-corrected chi connectivity index (χ4v) is 3.71. The molecule has 0 amide bonds. The lowest BCUT2D eigenvalue weighted by atomic mass is 10.1. The predicted octanol–water partition coefficient (Wildman–Crippen LogP) is 2.57. The topological polar surface area (TPSA) is 72.2 Å². The highest BCUT2D eigenvalue weighted by Gasteiger charge is 2.28. The van der Waals surface area contributed by atoms with Crippen molar-refractivity contribution in [3.8, 4) is 0 Å². The van der Waals surface area contributed by atoms with Crippen molar-refractivity contribution in [3.63, 3.8) is 0 Å². The molecule has 20 heavy (non-hydrogen) atoms. The number of nitrogens with two attached hydrogens (primary N) is 1. The normalized spacial score (nSPS) is 17.1. The van der Waals surface area contributed by atoms with Gasteiger partial charge in [-0.3, -0.25) is 0 Å². The zero-order chi connectivity index (χ0) is 14.9. The van der Waals surface area contributed by atoms with Gasteiger partial charge in [0.05, 0.1) is 10.6 Å². The van der Waals surface area contributed by atoms with Crippen LogP contribution >= 0.6 is 0 Å². The Balaban J connectivity index is 2.20. The number of aryl methyl sites for hydroxylation is 1. The van der Waals surface area contributed by atoms with Gasteiger partial charge in [-0.25, -0.2) is 17.5 Å². The lowest BCUT2D eigenvalue weighted by molar-refractivity contribution is 0.495. The second kappa shape index (κ2) is 5.69. The van der Waals surface area contributed by atoms with Gasteiger partial charge in [-0.2, -0.15) is 0 Å².